The van der Waals surface area contributed by atoms with Crippen LogP contribution in [0, 0.1) is 5.82 Å². The monoisotopic (exact) mass is 356 g/mol. The lowest BCUT2D eigenvalue weighted by molar-refractivity contribution is 0.0612. The fraction of sp³-hybridized carbons (Fsp3) is 0.278. The summed E-state index contributed by atoms with van der Waals surface area (Å²) >= 11 is 1.57. The summed E-state index contributed by atoms with van der Waals surface area (Å²) in [6.45, 7) is 0.691. The molecule has 0 bridgehead atoms. The average Bonchev–Trinajstić information content (AvgIpc) is 3.33. The maximum Gasteiger partial charge on any atom is 0.258 e. The third kappa shape index (κ3) is 3.07. The van der Waals surface area contributed by atoms with Crippen molar-refractivity contribution in [2.75, 3.05) is 6.54 Å². The van der Waals surface area contributed by atoms with E-state index in [1.807, 2.05) is 10.3 Å². The molecule has 1 amide bonds. The summed E-state index contributed by atoms with van der Waals surface area (Å²) < 4.78 is 13.6. The van der Waals surface area contributed by atoms with E-state index in [0.29, 0.717) is 23.4 Å². The highest BCUT2D eigenvalue weighted by Crippen LogP contribution is 2.34. The molecule has 5 nitrogen and oxygen atoms in total. The highest BCUT2D eigenvalue weighted by Gasteiger charge is 2.32. The number of hydrogen-bond donors (Lipinski definition) is 1. The predicted molar refractivity (Wildman–Crippen MR) is 93.7 cm³/mol. The highest BCUT2D eigenvalue weighted by atomic mass is 32.1. The van der Waals surface area contributed by atoms with Crippen LogP contribution in [0.3, 0.4) is 0 Å². The number of halogens is 1. The molecule has 1 unspecified atom stereocenters. The molecule has 0 spiro atoms. The summed E-state index contributed by atoms with van der Waals surface area (Å²) in [6, 6.07) is 6.17. The standard InChI is InChI=1S/C18H17FN4OS/c19-13-5-3-4-12(10-13)16-14(11-21-22-16)18(24)23-8-2-1-6-15(23)17-20-7-9-25-17/h3-5,7,9-11,15H,1-2,6,8H2,(H,21,22). The molecular weight excluding hydrogens is 339 g/mol. The molecule has 0 aliphatic carbocycles. The molecule has 1 atom stereocenters. The van der Waals surface area contributed by atoms with Gasteiger partial charge in [-0.3, -0.25) is 9.89 Å². The molecule has 1 saturated heterocycles. The number of thiazole rings is 1. The molecule has 1 aromatic carbocycles. The largest absolute Gasteiger partial charge is 0.329 e. The number of rotatable bonds is 3. The van der Waals surface area contributed by atoms with Crippen LogP contribution in [-0.4, -0.2) is 32.5 Å². The normalized spacial score (nSPS) is 17.6. The molecule has 1 aliphatic heterocycles. The van der Waals surface area contributed by atoms with Gasteiger partial charge in [0.2, 0.25) is 0 Å². The molecule has 1 N–H and O–H groups in total. The van der Waals surface area contributed by atoms with Crippen molar-refractivity contribution in [3.8, 4) is 11.3 Å². The van der Waals surface area contributed by atoms with Gasteiger partial charge in [0, 0.05) is 23.7 Å². The van der Waals surface area contributed by atoms with Crippen LogP contribution < -0.4 is 0 Å². The van der Waals surface area contributed by atoms with Gasteiger partial charge in [0.25, 0.3) is 5.91 Å². The Morgan fingerprint density at radius 2 is 2.28 bits per heavy atom. The first-order valence-corrected chi connectivity index (χ1v) is 9.11. The fourth-order valence-corrected chi connectivity index (χ4v) is 4.08. The Bertz CT molecular complexity index is 877. The molecule has 3 heterocycles. The number of benzene rings is 1. The van der Waals surface area contributed by atoms with E-state index in [1.54, 1.807) is 29.7 Å². The van der Waals surface area contributed by atoms with Crippen molar-refractivity contribution in [2.24, 2.45) is 0 Å². The highest BCUT2D eigenvalue weighted by molar-refractivity contribution is 7.09. The first-order chi connectivity index (χ1) is 12.2. The minimum atomic E-state index is -0.343. The number of aromatic amines is 1. The van der Waals surface area contributed by atoms with Gasteiger partial charge in [0.15, 0.2) is 0 Å². The van der Waals surface area contributed by atoms with Gasteiger partial charge in [-0.1, -0.05) is 12.1 Å². The van der Waals surface area contributed by atoms with E-state index in [2.05, 4.69) is 15.2 Å². The Morgan fingerprint density at radius 3 is 3.08 bits per heavy atom. The van der Waals surface area contributed by atoms with Gasteiger partial charge in [-0.05, 0) is 31.4 Å². The van der Waals surface area contributed by atoms with Crippen LogP contribution in [0.4, 0.5) is 4.39 Å². The zero-order chi connectivity index (χ0) is 17.2. The molecule has 2 aromatic heterocycles. The Balaban J connectivity index is 1.68. The quantitative estimate of drug-likeness (QED) is 0.770. The lowest BCUT2D eigenvalue weighted by atomic mass is 10.00. The second kappa shape index (κ2) is 6.76. The molecule has 0 saturated carbocycles. The SMILES string of the molecule is O=C(c1cn[nH]c1-c1cccc(F)c1)N1CCCCC1c1nccs1. The van der Waals surface area contributed by atoms with Crippen molar-refractivity contribution in [1.29, 1.82) is 0 Å². The van der Waals surface area contributed by atoms with Crippen molar-refractivity contribution in [2.45, 2.75) is 25.3 Å². The number of hydrogen-bond acceptors (Lipinski definition) is 4. The van der Waals surface area contributed by atoms with E-state index in [1.165, 1.54) is 18.3 Å². The number of amides is 1. The molecule has 3 aromatic rings. The van der Waals surface area contributed by atoms with E-state index in [4.69, 9.17) is 0 Å². The van der Waals surface area contributed by atoms with E-state index >= 15 is 0 Å². The molecule has 25 heavy (non-hydrogen) atoms. The smallest absolute Gasteiger partial charge is 0.258 e. The first kappa shape index (κ1) is 16.0. The summed E-state index contributed by atoms with van der Waals surface area (Å²) in [5.41, 5.74) is 1.63. The fourth-order valence-electron chi connectivity index (χ4n) is 3.30. The maximum absolute atomic E-state index is 13.6. The molecule has 4 rings (SSSR count). The van der Waals surface area contributed by atoms with Crippen molar-refractivity contribution >= 4 is 17.2 Å². The van der Waals surface area contributed by atoms with Gasteiger partial charge < -0.3 is 4.90 Å². The van der Waals surface area contributed by atoms with Gasteiger partial charge in [-0.25, -0.2) is 9.37 Å². The number of nitrogens with zero attached hydrogens (tertiary/aromatic N) is 3. The topological polar surface area (TPSA) is 61.9 Å². The van der Waals surface area contributed by atoms with Crippen LogP contribution >= 0.6 is 11.3 Å². The molecule has 7 heteroatoms. The first-order valence-electron chi connectivity index (χ1n) is 8.23. The number of carbonyl (C=O) groups is 1. The Labute approximate surface area is 148 Å². The zero-order valence-corrected chi connectivity index (χ0v) is 14.3. The maximum atomic E-state index is 13.6. The van der Waals surface area contributed by atoms with Crippen molar-refractivity contribution in [3.05, 3.63) is 58.4 Å². The number of carbonyl (C=O) groups excluding carboxylic acids is 1. The van der Waals surface area contributed by atoms with E-state index in [0.717, 1.165) is 24.3 Å². The Morgan fingerprint density at radius 1 is 1.36 bits per heavy atom. The van der Waals surface area contributed by atoms with Gasteiger partial charge in [0.05, 0.1) is 23.5 Å². The second-order valence-electron chi connectivity index (χ2n) is 6.05. The molecule has 0 radical (unpaired) electrons. The van der Waals surface area contributed by atoms with E-state index in [9.17, 15) is 9.18 Å². The number of H-pyrrole nitrogens is 1. The number of likely N-dealkylation sites (tertiary alicyclic amines) is 1. The lowest BCUT2D eigenvalue weighted by Crippen LogP contribution is -2.38. The van der Waals surface area contributed by atoms with Crippen molar-refractivity contribution < 1.29 is 9.18 Å². The minimum Gasteiger partial charge on any atom is -0.329 e. The van der Waals surface area contributed by atoms with Crippen molar-refractivity contribution in [3.63, 3.8) is 0 Å². The molecular formula is C18H17FN4OS. The van der Waals surface area contributed by atoms with Crippen molar-refractivity contribution in [1.82, 2.24) is 20.1 Å². The second-order valence-corrected chi connectivity index (χ2v) is 6.98. The summed E-state index contributed by atoms with van der Waals surface area (Å²) in [4.78, 5) is 19.5. The third-order valence-electron chi connectivity index (χ3n) is 4.48. The lowest BCUT2D eigenvalue weighted by Gasteiger charge is -2.34. The zero-order valence-electron chi connectivity index (χ0n) is 13.5. The predicted octanol–water partition coefficient (Wildman–Crippen LogP) is 4.04. The summed E-state index contributed by atoms with van der Waals surface area (Å²) in [6.07, 6.45) is 6.26. The van der Waals surface area contributed by atoms with Crippen LogP contribution in [0.5, 0.6) is 0 Å². The van der Waals surface area contributed by atoms with Crippen LogP contribution in [-0.2, 0) is 0 Å². The summed E-state index contributed by atoms with van der Waals surface area (Å²) in [7, 11) is 0. The summed E-state index contributed by atoms with van der Waals surface area (Å²) in [5.74, 6) is -0.433. The van der Waals surface area contributed by atoms with E-state index in [-0.39, 0.29) is 17.8 Å². The minimum absolute atomic E-state index is 0.00323. The number of nitrogens with one attached hydrogen (secondary N) is 1. The van der Waals surface area contributed by atoms with Crippen LogP contribution in [0.1, 0.15) is 40.7 Å². The van der Waals surface area contributed by atoms with Crippen LogP contribution in [0.2, 0.25) is 0 Å². The number of aromatic nitrogens is 3. The molecule has 1 aliphatic rings. The Hall–Kier alpha value is -2.54. The van der Waals surface area contributed by atoms with Gasteiger partial charge in [-0.15, -0.1) is 11.3 Å². The van der Waals surface area contributed by atoms with Gasteiger partial charge in [0.1, 0.15) is 10.8 Å². The molecule has 1 fully saturated rings. The average molecular weight is 356 g/mol. The van der Waals surface area contributed by atoms with Gasteiger partial charge in [-0.2, -0.15) is 5.10 Å². The van der Waals surface area contributed by atoms with Crippen LogP contribution in [0.15, 0.2) is 42.0 Å². The molecule has 128 valence electrons. The van der Waals surface area contributed by atoms with Gasteiger partial charge >= 0.3 is 0 Å². The van der Waals surface area contributed by atoms with E-state index < -0.39 is 0 Å². The third-order valence-corrected chi connectivity index (χ3v) is 5.36. The Kier molecular flexibility index (Phi) is 4.31. The summed E-state index contributed by atoms with van der Waals surface area (Å²) in [5, 5.41) is 9.76. The number of piperidine rings is 1. The van der Waals surface area contributed by atoms with Crippen LogP contribution in [0.25, 0.3) is 11.3 Å².